The fourth-order valence-corrected chi connectivity index (χ4v) is 1.82. The lowest BCUT2D eigenvalue weighted by Crippen LogP contribution is -2.38. The first-order valence-electron chi connectivity index (χ1n) is 9.43. The highest BCUT2D eigenvalue weighted by Gasteiger charge is 2.21. The van der Waals surface area contributed by atoms with Crippen molar-refractivity contribution in [3.63, 3.8) is 0 Å². The lowest BCUT2D eigenvalue weighted by molar-refractivity contribution is -0.128. The lowest BCUT2D eigenvalue weighted by Gasteiger charge is -2.20. The Bertz CT molecular complexity index is 368. The van der Waals surface area contributed by atoms with Crippen molar-refractivity contribution in [1.82, 2.24) is 10.6 Å². The molecule has 1 amide bonds. The number of hydrogen-bond donors (Lipinski definition) is 2. The van der Waals surface area contributed by atoms with E-state index in [9.17, 15) is 9.18 Å². The topological polar surface area (TPSA) is 68.8 Å². The molecule has 0 spiro atoms. The minimum Gasteiger partial charge on any atom is -0.379 e. The molecule has 0 aliphatic rings. The van der Waals surface area contributed by atoms with Gasteiger partial charge >= 0.3 is 0 Å². The van der Waals surface area contributed by atoms with Gasteiger partial charge in [0, 0.05) is 37.1 Å². The number of halogens is 1. The van der Waals surface area contributed by atoms with Crippen LogP contribution in [0.1, 0.15) is 48.0 Å². The molecule has 0 aromatic carbocycles. The number of alkyl halides is 1. The van der Waals surface area contributed by atoms with E-state index in [0.717, 1.165) is 6.54 Å². The van der Waals surface area contributed by atoms with E-state index < -0.39 is 11.6 Å². The molecule has 0 saturated carbocycles. The molecule has 7 heteroatoms. The summed E-state index contributed by atoms with van der Waals surface area (Å²) in [5.41, 5.74) is -0.394. The third-order valence-electron chi connectivity index (χ3n) is 3.39. The summed E-state index contributed by atoms with van der Waals surface area (Å²) in [6.45, 7) is 15.5. The smallest absolute Gasteiger partial charge is 0.225 e. The van der Waals surface area contributed by atoms with Crippen LogP contribution >= 0.6 is 0 Å². The van der Waals surface area contributed by atoms with Gasteiger partial charge in [-0.3, -0.25) is 4.79 Å². The second-order valence-corrected chi connectivity index (χ2v) is 8.36. The maximum absolute atomic E-state index is 13.7. The predicted octanol–water partition coefficient (Wildman–Crippen LogP) is 2.31. The molecule has 6 nitrogen and oxygen atoms in total. The highest BCUT2D eigenvalue weighted by molar-refractivity contribution is 5.81. The first kappa shape index (κ1) is 25.2. The van der Waals surface area contributed by atoms with Crippen LogP contribution in [0, 0.1) is 5.41 Å². The Labute approximate surface area is 158 Å². The quantitative estimate of drug-likeness (QED) is 0.454. The van der Waals surface area contributed by atoms with Gasteiger partial charge in [-0.2, -0.15) is 0 Å². The van der Waals surface area contributed by atoms with Crippen LogP contribution in [0.5, 0.6) is 0 Å². The number of ether oxygens (including phenoxy) is 3. The minimum atomic E-state index is -1.10. The van der Waals surface area contributed by atoms with Gasteiger partial charge in [0.25, 0.3) is 0 Å². The monoisotopic (exact) mass is 378 g/mol. The Morgan fingerprint density at radius 1 is 0.885 bits per heavy atom. The van der Waals surface area contributed by atoms with Crippen LogP contribution < -0.4 is 10.6 Å². The Hall–Kier alpha value is -0.760. The van der Waals surface area contributed by atoms with Crippen LogP contribution in [0.4, 0.5) is 4.39 Å². The molecule has 1 atom stereocenters. The fourth-order valence-electron chi connectivity index (χ4n) is 1.82. The highest BCUT2D eigenvalue weighted by atomic mass is 19.1. The number of nitrogens with one attached hydrogen (secondary N) is 2. The first-order valence-corrected chi connectivity index (χ1v) is 9.43. The van der Waals surface area contributed by atoms with Crippen molar-refractivity contribution in [2.75, 3.05) is 52.7 Å². The zero-order valence-corrected chi connectivity index (χ0v) is 17.5. The van der Waals surface area contributed by atoms with Crippen LogP contribution in [-0.4, -0.2) is 70.3 Å². The van der Waals surface area contributed by atoms with E-state index in [0.29, 0.717) is 39.6 Å². The van der Waals surface area contributed by atoms with Crippen molar-refractivity contribution in [2.45, 2.75) is 59.7 Å². The average molecular weight is 379 g/mol. The normalized spacial score (nSPS) is 13.7. The van der Waals surface area contributed by atoms with E-state index in [1.807, 2.05) is 0 Å². The van der Waals surface area contributed by atoms with E-state index >= 15 is 0 Å². The van der Waals surface area contributed by atoms with Gasteiger partial charge in [-0.15, -0.1) is 0 Å². The van der Waals surface area contributed by atoms with Crippen molar-refractivity contribution in [1.29, 1.82) is 0 Å². The highest BCUT2D eigenvalue weighted by Crippen LogP contribution is 2.12. The Morgan fingerprint density at radius 2 is 1.38 bits per heavy atom. The molecule has 156 valence electrons. The van der Waals surface area contributed by atoms with Crippen LogP contribution in [-0.2, 0) is 19.0 Å². The molecule has 0 saturated heterocycles. The van der Waals surface area contributed by atoms with Gasteiger partial charge in [-0.05, 0) is 20.8 Å². The second kappa shape index (κ2) is 13.4. The van der Waals surface area contributed by atoms with Crippen molar-refractivity contribution < 1.29 is 23.4 Å². The molecule has 0 rings (SSSR count). The van der Waals surface area contributed by atoms with Crippen LogP contribution in [0.3, 0.4) is 0 Å². The van der Waals surface area contributed by atoms with Crippen LogP contribution in [0.2, 0.25) is 0 Å². The first-order chi connectivity index (χ1) is 12.0. The molecule has 0 radical (unpaired) electrons. The van der Waals surface area contributed by atoms with Gasteiger partial charge in [0.05, 0.1) is 33.0 Å². The molecule has 2 N–H and O–H groups in total. The van der Waals surface area contributed by atoms with E-state index in [-0.39, 0.29) is 24.4 Å². The number of carbonyl (C=O) groups excluding carboxylic acids is 1. The van der Waals surface area contributed by atoms with Gasteiger partial charge in [-0.1, -0.05) is 20.8 Å². The minimum absolute atomic E-state index is 0.0252. The van der Waals surface area contributed by atoms with Crippen molar-refractivity contribution in [2.24, 2.45) is 5.41 Å². The summed E-state index contributed by atoms with van der Waals surface area (Å²) in [4.78, 5) is 11.6. The summed E-state index contributed by atoms with van der Waals surface area (Å²) in [5.74, 6) is -0.147. The summed E-state index contributed by atoms with van der Waals surface area (Å²) >= 11 is 0. The Balaban J connectivity index is 3.34. The predicted molar refractivity (Wildman–Crippen MR) is 102 cm³/mol. The van der Waals surface area contributed by atoms with Crippen LogP contribution in [0.15, 0.2) is 0 Å². The second-order valence-electron chi connectivity index (χ2n) is 8.36. The third-order valence-corrected chi connectivity index (χ3v) is 3.39. The zero-order valence-electron chi connectivity index (χ0n) is 17.5. The van der Waals surface area contributed by atoms with Crippen molar-refractivity contribution >= 4 is 5.91 Å². The molecule has 0 aromatic heterocycles. The zero-order chi connectivity index (χ0) is 20.1. The summed E-state index contributed by atoms with van der Waals surface area (Å²) in [7, 11) is 0. The van der Waals surface area contributed by atoms with Crippen molar-refractivity contribution in [3.05, 3.63) is 0 Å². The molecule has 1 unspecified atom stereocenters. The lowest BCUT2D eigenvalue weighted by atomic mass is 9.96. The Morgan fingerprint density at radius 3 is 1.88 bits per heavy atom. The number of hydrogen-bond acceptors (Lipinski definition) is 5. The summed E-state index contributed by atoms with van der Waals surface area (Å²) in [6.07, 6.45) is -0.841. The molecule has 0 bridgehead atoms. The average Bonchev–Trinajstić information content (AvgIpc) is 2.51. The van der Waals surface area contributed by atoms with Crippen LogP contribution in [0.25, 0.3) is 0 Å². The van der Waals surface area contributed by atoms with Gasteiger partial charge in [0.2, 0.25) is 5.91 Å². The molecular formula is C19H39FN2O4. The van der Waals surface area contributed by atoms with Crippen molar-refractivity contribution in [3.8, 4) is 0 Å². The molecule has 0 aromatic rings. The molecule has 0 aliphatic carbocycles. The van der Waals surface area contributed by atoms with Gasteiger partial charge < -0.3 is 24.8 Å². The van der Waals surface area contributed by atoms with Gasteiger partial charge in [0.15, 0.2) is 0 Å². The Kier molecular flexibility index (Phi) is 13.0. The molecule has 0 heterocycles. The third kappa shape index (κ3) is 16.7. The van der Waals surface area contributed by atoms with Gasteiger partial charge in [-0.25, -0.2) is 4.39 Å². The summed E-state index contributed by atoms with van der Waals surface area (Å²) < 4.78 is 29.8. The molecule has 26 heavy (non-hydrogen) atoms. The number of carbonyl (C=O) groups is 1. The maximum atomic E-state index is 13.7. The fraction of sp³-hybridized carbons (Fsp3) is 0.947. The van der Waals surface area contributed by atoms with E-state index in [1.165, 1.54) is 0 Å². The molecular weight excluding hydrogens is 339 g/mol. The van der Waals surface area contributed by atoms with E-state index in [4.69, 9.17) is 14.2 Å². The molecule has 0 fully saturated rings. The van der Waals surface area contributed by atoms with E-state index in [2.05, 4.69) is 31.4 Å². The van der Waals surface area contributed by atoms with E-state index in [1.54, 1.807) is 20.8 Å². The SMILES string of the molecule is CC(C)(C)NCCOCCOCCOCCC(F)CNC(=O)C(C)(C)C. The number of amides is 1. The van der Waals surface area contributed by atoms with Gasteiger partial charge in [0.1, 0.15) is 6.17 Å². The molecule has 0 aliphatic heterocycles. The standard InChI is InChI=1S/C19H39FN2O4/c1-18(2,3)17(23)21-15-16(20)7-9-24-11-13-26-14-12-25-10-8-22-19(4,5)6/h16,22H,7-15H2,1-6H3,(H,21,23). The maximum Gasteiger partial charge on any atom is 0.225 e. The largest absolute Gasteiger partial charge is 0.379 e. The summed E-state index contributed by atoms with van der Waals surface area (Å²) in [6, 6.07) is 0. The summed E-state index contributed by atoms with van der Waals surface area (Å²) in [5, 5.41) is 5.95. The number of rotatable bonds is 14.